The number of hydrogen-bond donors (Lipinski definition) is 0. The smallest absolute Gasteiger partial charge is 0.227 e. The predicted molar refractivity (Wildman–Crippen MR) is 133 cm³/mol. The lowest BCUT2D eigenvalue weighted by Crippen LogP contribution is -2.41. The van der Waals surface area contributed by atoms with Crippen LogP contribution in [-0.4, -0.2) is 56.8 Å². The van der Waals surface area contributed by atoms with Crippen LogP contribution in [0.3, 0.4) is 0 Å². The van der Waals surface area contributed by atoms with Gasteiger partial charge in [-0.2, -0.15) is 0 Å². The average Bonchev–Trinajstić information content (AvgIpc) is 3.27. The van der Waals surface area contributed by atoms with E-state index >= 15 is 0 Å². The van der Waals surface area contributed by atoms with E-state index in [4.69, 9.17) is 9.15 Å². The number of para-hydroxylation sites is 1. The Labute approximate surface area is 204 Å². The third-order valence-electron chi connectivity index (χ3n) is 6.15. The maximum absolute atomic E-state index is 12.5. The molecule has 1 aromatic heterocycles. The SMILES string of the molecule is CS(=O)(=O)c1ccc(Cc2nc3cccc(-c4ccc(CC(=O)N5CCOCC5)cc4)c3o2)cc1. The zero-order valence-corrected chi connectivity index (χ0v) is 20.3. The molecular formula is C27H26N2O5S. The Morgan fingerprint density at radius 3 is 2.31 bits per heavy atom. The second-order valence-electron chi connectivity index (χ2n) is 8.72. The summed E-state index contributed by atoms with van der Waals surface area (Å²) in [7, 11) is -3.23. The Morgan fingerprint density at radius 2 is 1.63 bits per heavy atom. The lowest BCUT2D eigenvalue weighted by atomic mass is 10.0. The summed E-state index contributed by atoms with van der Waals surface area (Å²) in [6.07, 6.45) is 2.02. The number of sulfone groups is 1. The number of rotatable bonds is 6. The fourth-order valence-electron chi connectivity index (χ4n) is 4.23. The highest BCUT2D eigenvalue weighted by molar-refractivity contribution is 7.90. The third kappa shape index (κ3) is 5.28. The first-order chi connectivity index (χ1) is 16.9. The first-order valence-electron chi connectivity index (χ1n) is 11.5. The topological polar surface area (TPSA) is 89.7 Å². The van der Waals surface area contributed by atoms with E-state index in [0.29, 0.717) is 50.6 Å². The van der Waals surface area contributed by atoms with Gasteiger partial charge < -0.3 is 14.1 Å². The van der Waals surface area contributed by atoms with Crippen LogP contribution in [0, 0.1) is 0 Å². The molecule has 0 atom stereocenters. The van der Waals surface area contributed by atoms with E-state index < -0.39 is 9.84 Å². The maximum atomic E-state index is 12.5. The molecule has 0 unspecified atom stereocenters. The molecule has 0 saturated carbocycles. The van der Waals surface area contributed by atoms with Gasteiger partial charge in [-0.05, 0) is 34.9 Å². The third-order valence-corrected chi connectivity index (χ3v) is 7.28. The summed E-state index contributed by atoms with van der Waals surface area (Å²) >= 11 is 0. The van der Waals surface area contributed by atoms with Gasteiger partial charge in [-0.25, -0.2) is 13.4 Å². The van der Waals surface area contributed by atoms with Crippen molar-refractivity contribution in [2.45, 2.75) is 17.7 Å². The van der Waals surface area contributed by atoms with Crippen molar-refractivity contribution in [2.75, 3.05) is 32.6 Å². The Morgan fingerprint density at radius 1 is 0.943 bits per heavy atom. The molecule has 4 aromatic rings. The molecule has 7 nitrogen and oxygen atoms in total. The van der Waals surface area contributed by atoms with Crippen LogP contribution in [0.1, 0.15) is 17.0 Å². The van der Waals surface area contributed by atoms with Gasteiger partial charge in [0.25, 0.3) is 0 Å². The Kier molecular flexibility index (Phi) is 6.40. The Bertz CT molecular complexity index is 1450. The highest BCUT2D eigenvalue weighted by Gasteiger charge is 2.17. The maximum Gasteiger partial charge on any atom is 0.227 e. The fourth-order valence-corrected chi connectivity index (χ4v) is 4.86. The van der Waals surface area contributed by atoms with Crippen molar-refractivity contribution in [3.8, 4) is 11.1 Å². The highest BCUT2D eigenvalue weighted by atomic mass is 32.2. The van der Waals surface area contributed by atoms with Gasteiger partial charge in [0, 0.05) is 31.3 Å². The first kappa shape index (κ1) is 23.3. The summed E-state index contributed by atoms with van der Waals surface area (Å²) in [5.74, 6) is 0.680. The fraction of sp³-hybridized carbons (Fsp3) is 0.259. The van der Waals surface area contributed by atoms with Crippen molar-refractivity contribution in [3.05, 3.63) is 83.7 Å². The van der Waals surface area contributed by atoms with Gasteiger partial charge in [-0.15, -0.1) is 0 Å². The second kappa shape index (κ2) is 9.64. The van der Waals surface area contributed by atoms with Crippen molar-refractivity contribution in [1.29, 1.82) is 0 Å². The number of oxazole rings is 1. The molecule has 1 aliphatic heterocycles. The van der Waals surface area contributed by atoms with E-state index in [2.05, 4.69) is 4.98 Å². The number of fused-ring (bicyclic) bond motifs is 1. The largest absolute Gasteiger partial charge is 0.440 e. The molecule has 0 bridgehead atoms. The van der Waals surface area contributed by atoms with E-state index in [0.717, 1.165) is 27.8 Å². The predicted octanol–water partition coefficient (Wildman–Crippen LogP) is 3.89. The van der Waals surface area contributed by atoms with Gasteiger partial charge >= 0.3 is 0 Å². The van der Waals surface area contributed by atoms with Crippen LogP contribution in [0.2, 0.25) is 0 Å². The van der Waals surface area contributed by atoms with E-state index in [-0.39, 0.29) is 10.8 Å². The summed E-state index contributed by atoms with van der Waals surface area (Å²) < 4.78 is 34.8. The standard InChI is InChI=1S/C27H26N2O5S/c1-35(31,32)22-11-7-19(8-12-22)17-25-28-24-4-2-3-23(27(24)34-25)21-9-5-20(6-10-21)18-26(30)29-13-15-33-16-14-29/h2-12H,13-18H2,1H3. The summed E-state index contributed by atoms with van der Waals surface area (Å²) in [5.41, 5.74) is 5.26. The highest BCUT2D eigenvalue weighted by Crippen LogP contribution is 2.30. The monoisotopic (exact) mass is 490 g/mol. The number of carbonyl (C=O) groups excluding carboxylic acids is 1. The molecule has 1 amide bonds. The molecule has 1 saturated heterocycles. The molecule has 0 N–H and O–H groups in total. The van der Waals surface area contributed by atoms with Crippen molar-refractivity contribution in [2.24, 2.45) is 0 Å². The number of aromatic nitrogens is 1. The van der Waals surface area contributed by atoms with Crippen LogP contribution >= 0.6 is 0 Å². The minimum atomic E-state index is -3.23. The van der Waals surface area contributed by atoms with Crippen LogP contribution < -0.4 is 0 Å². The first-order valence-corrected chi connectivity index (χ1v) is 13.4. The van der Waals surface area contributed by atoms with Crippen LogP contribution in [-0.2, 0) is 32.2 Å². The molecular weight excluding hydrogens is 464 g/mol. The molecule has 35 heavy (non-hydrogen) atoms. The summed E-state index contributed by atoms with van der Waals surface area (Å²) in [5, 5.41) is 0. The zero-order valence-electron chi connectivity index (χ0n) is 19.4. The van der Waals surface area contributed by atoms with Crippen LogP contribution in [0.15, 0.2) is 76.0 Å². The molecule has 0 radical (unpaired) electrons. The number of nitrogens with zero attached hydrogens (tertiary/aromatic N) is 2. The van der Waals surface area contributed by atoms with Gasteiger partial charge in [0.15, 0.2) is 21.3 Å². The van der Waals surface area contributed by atoms with Gasteiger partial charge in [0.2, 0.25) is 5.91 Å². The molecule has 1 fully saturated rings. The zero-order chi connectivity index (χ0) is 24.4. The van der Waals surface area contributed by atoms with Gasteiger partial charge in [0.1, 0.15) is 5.52 Å². The number of morpholine rings is 1. The molecule has 2 heterocycles. The van der Waals surface area contributed by atoms with Crippen molar-refractivity contribution in [1.82, 2.24) is 9.88 Å². The van der Waals surface area contributed by atoms with Crippen LogP contribution in [0.5, 0.6) is 0 Å². The lowest BCUT2D eigenvalue weighted by molar-refractivity contribution is -0.134. The number of benzene rings is 3. The van der Waals surface area contributed by atoms with Crippen LogP contribution in [0.4, 0.5) is 0 Å². The second-order valence-corrected chi connectivity index (χ2v) is 10.7. The molecule has 8 heteroatoms. The molecule has 1 aliphatic rings. The minimum absolute atomic E-state index is 0.118. The molecule has 0 aliphatic carbocycles. The summed E-state index contributed by atoms with van der Waals surface area (Å²) in [6, 6.07) is 20.6. The number of ether oxygens (including phenoxy) is 1. The van der Waals surface area contributed by atoms with E-state index in [1.165, 1.54) is 6.26 Å². The molecule has 180 valence electrons. The van der Waals surface area contributed by atoms with E-state index in [1.807, 2.05) is 47.4 Å². The van der Waals surface area contributed by atoms with Gasteiger partial charge in [-0.1, -0.05) is 48.5 Å². The summed E-state index contributed by atoms with van der Waals surface area (Å²) in [6.45, 7) is 2.49. The van der Waals surface area contributed by atoms with E-state index in [9.17, 15) is 13.2 Å². The van der Waals surface area contributed by atoms with Crippen molar-refractivity contribution < 1.29 is 22.4 Å². The number of amides is 1. The molecule has 3 aromatic carbocycles. The van der Waals surface area contributed by atoms with Crippen molar-refractivity contribution >= 4 is 26.8 Å². The van der Waals surface area contributed by atoms with Crippen LogP contribution in [0.25, 0.3) is 22.2 Å². The Hall–Kier alpha value is -3.49. The summed E-state index contributed by atoms with van der Waals surface area (Å²) in [4.78, 5) is 19.3. The number of carbonyl (C=O) groups is 1. The minimum Gasteiger partial charge on any atom is -0.440 e. The number of hydrogen-bond acceptors (Lipinski definition) is 6. The molecule has 5 rings (SSSR count). The van der Waals surface area contributed by atoms with Gasteiger partial charge in [0.05, 0.1) is 24.5 Å². The van der Waals surface area contributed by atoms with Gasteiger partial charge in [-0.3, -0.25) is 4.79 Å². The quantitative estimate of drug-likeness (QED) is 0.407. The van der Waals surface area contributed by atoms with E-state index in [1.54, 1.807) is 24.3 Å². The Balaban J connectivity index is 1.34. The molecule has 0 spiro atoms. The normalized spacial score (nSPS) is 14.4. The lowest BCUT2D eigenvalue weighted by Gasteiger charge is -2.26. The average molecular weight is 491 g/mol. The van der Waals surface area contributed by atoms with Crippen molar-refractivity contribution in [3.63, 3.8) is 0 Å².